The lowest BCUT2D eigenvalue weighted by molar-refractivity contribution is -0.122. The van der Waals surface area contributed by atoms with Crippen LogP contribution in [0.3, 0.4) is 0 Å². The fourth-order valence-corrected chi connectivity index (χ4v) is 3.69. The number of benzene rings is 2. The Kier molecular flexibility index (Phi) is 6.02. The number of hydrogen-bond acceptors (Lipinski definition) is 3. The molecule has 1 fully saturated rings. The van der Waals surface area contributed by atoms with Crippen LogP contribution in [0.5, 0.6) is 0 Å². The predicted molar refractivity (Wildman–Crippen MR) is 115 cm³/mol. The molecule has 1 heterocycles. The van der Waals surface area contributed by atoms with Gasteiger partial charge in [-0.2, -0.15) is 0 Å². The molecule has 0 aliphatic carbocycles. The van der Waals surface area contributed by atoms with Gasteiger partial charge in [0.15, 0.2) is 0 Å². The van der Waals surface area contributed by atoms with Crippen molar-refractivity contribution in [2.45, 2.75) is 34.1 Å². The largest absolute Gasteiger partial charge is 0.372 e. The fraction of sp³-hybridized carbons (Fsp3) is 0.391. The summed E-state index contributed by atoms with van der Waals surface area (Å²) in [5, 5.41) is 3.00. The highest BCUT2D eigenvalue weighted by Gasteiger charge is 2.35. The fourth-order valence-electron chi connectivity index (χ4n) is 3.69. The number of rotatable bonds is 6. The molecule has 1 aliphatic heterocycles. The Hall–Kier alpha value is -2.82. The number of amides is 2. The lowest BCUT2D eigenvalue weighted by Crippen LogP contribution is -2.28. The second-order valence-corrected chi connectivity index (χ2v) is 7.33. The molecule has 3 rings (SSSR count). The van der Waals surface area contributed by atoms with Crippen molar-refractivity contribution < 1.29 is 9.59 Å². The molecule has 1 atom stereocenters. The Morgan fingerprint density at radius 1 is 1.11 bits per heavy atom. The summed E-state index contributed by atoms with van der Waals surface area (Å²) in [6, 6.07) is 13.9. The second-order valence-electron chi connectivity index (χ2n) is 7.33. The van der Waals surface area contributed by atoms with Gasteiger partial charge in [-0.1, -0.05) is 12.1 Å². The van der Waals surface area contributed by atoms with E-state index in [1.165, 1.54) is 0 Å². The zero-order valence-corrected chi connectivity index (χ0v) is 17.2. The first-order valence-electron chi connectivity index (χ1n) is 9.97. The van der Waals surface area contributed by atoms with Crippen LogP contribution in [-0.4, -0.2) is 31.4 Å². The van der Waals surface area contributed by atoms with Crippen LogP contribution in [-0.2, 0) is 9.59 Å². The molecular weight excluding hydrogens is 350 g/mol. The maximum atomic E-state index is 12.7. The quantitative estimate of drug-likeness (QED) is 0.821. The average Bonchev–Trinajstić information content (AvgIpc) is 3.09. The monoisotopic (exact) mass is 379 g/mol. The number of anilines is 3. The van der Waals surface area contributed by atoms with Gasteiger partial charge in [0.25, 0.3) is 0 Å². The standard InChI is InChI=1S/C23H29N3O2/c1-5-25(6-2)19-10-12-20(13-11-19)26-15-18(14-22(26)27)23(28)24-21-9-7-8-16(3)17(21)4/h7-13,18H,5-6,14-15H2,1-4H3,(H,24,28). The van der Waals surface area contributed by atoms with Crippen molar-refractivity contribution in [2.24, 2.45) is 5.92 Å². The Bertz CT molecular complexity index is 857. The van der Waals surface area contributed by atoms with Crippen molar-refractivity contribution >= 4 is 28.9 Å². The maximum absolute atomic E-state index is 12.7. The van der Waals surface area contributed by atoms with Crippen molar-refractivity contribution in [1.29, 1.82) is 0 Å². The molecule has 148 valence electrons. The lowest BCUT2D eigenvalue weighted by Gasteiger charge is -2.22. The van der Waals surface area contributed by atoms with E-state index in [-0.39, 0.29) is 24.2 Å². The molecule has 1 unspecified atom stereocenters. The highest BCUT2D eigenvalue weighted by Crippen LogP contribution is 2.28. The van der Waals surface area contributed by atoms with E-state index in [1.807, 2.05) is 56.3 Å². The van der Waals surface area contributed by atoms with Gasteiger partial charge in [-0.05, 0) is 69.2 Å². The number of carbonyl (C=O) groups is 2. The smallest absolute Gasteiger partial charge is 0.229 e. The summed E-state index contributed by atoms with van der Waals surface area (Å²) in [5.41, 5.74) is 5.01. The van der Waals surface area contributed by atoms with Gasteiger partial charge in [-0.3, -0.25) is 9.59 Å². The number of aryl methyl sites for hydroxylation is 1. The van der Waals surface area contributed by atoms with Gasteiger partial charge in [0.05, 0.1) is 5.92 Å². The number of carbonyl (C=O) groups excluding carboxylic acids is 2. The molecule has 2 amide bonds. The van der Waals surface area contributed by atoms with E-state index in [0.717, 1.165) is 41.3 Å². The molecule has 5 heteroatoms. The molecule has 0 bridgehead atoms. The van der Waals surface area contributed by atoms with Crippen LogP contribution in [0.1, 0.15) is 31.4 Å². The van der Waals surface area contributed by atoms with Crippen molar-refractivity contribution in [3.05, 3.63) is 53.6 Å². The third kappa shape index (κ3) is 4.03. The van der Waals surface area contributed by atoms with Crippen LogP contribution in [0.25, 0.3) is 0 Å². The molecule has 1 N–H and O–H groups in total. The van der Waals surface area contributed by atoms with Gasteiger partial charge in [-0.25, -0.2) is 0 Å². The topological polar surface area (TPSA) is 52.6 Å². The van der Waals surface area contributed by atoms with Crippen molar-refractivity contribution in [3.8, 4) is 0 Å². The van der Waals surface area contributed by atoms with Gasteiger partial charge < -0.3 is 15.1 Å². The SMILES string of the molecule is CCN(CC)c1ccc(N2CC(C(=O)Nc3cccc(C)c3C)CC2=O)cc1. The molecule has 0 spiro atoms. The van der Waals surface area contributed by atoms with E-state index in [4.69, 9.17) is 0 Å². The second kappa shape index (κ2) is 8.46. The number of hydrogen-bond donors (Lipinski definition) is 1. The zero-order valence-electron chi connectivity index (χ0n) is 17.2. The Balaban J connectivity index is 1.69. The number of nitrogens with zero attached hydrogens (tertiary/aromatic N) is 2. The highest BCUT2D eigenvalue weighted by atomic mass is 16.2. The van der Waals surface area contributed by atoms with Gasteiger partial charge in [0, 0.05) is 43.1 Å². The van der Waals surface area contributed by atoms with E-state index < -0.39 is 0 Å². The molecule has 2 aromatic carbocycles. The first kappa shape index (κ1) is 19.9. The third-order valence-corrected chi connectivity index (χ3v) is 5.65. The molecule has 2 aromatic rings. The molecule has 5 nitrogen and oxygen atoms in total. The summed E-state index contributed by atoms with van der Waals surface area (Å²) in [4.78, 5) is 29.2. The molecule has 0 radical (unpaired) electrons. The average molecular weight is 380 g/mol. The molecule has 1 aliphatic rings. The van der Waals surface area contributed by atoms with Gasteiger partial charge in [0.2, 0.25) is 11.8 Å². The zero-order chi connectivity index (χ0) is 20.3. The van der Waals surface area contributed by atoms with E-state index in [2.05, 4.69) is 24.1 Å². The van der Waals surface area contributed by atoms with Gasteiger partial charge in [-0.15, -0.1) is 0 Å². The van der Waals surface area contributed by atoms with Crippen LogP contribution in [0, 0.1) is 19.8 Å². The minimum atomic E-state index is -0.338. The molecule has 1 saturated heterocycles. The molecule has 0 saturated carbocycles. The maximum Gasteiger partial charge on any atom is 0.229 e. The first-order valence-corrected chi connectivity index (χ1v) is 9.97. The summed E-state index contributed by atoms with van der Waals surface area (Å²) >= 11 is 0. The van der Waals surface area contributed by atoms with Crippen LogP contribution >= 0.6 is 0 Å². The van der Waals surface area contributed by atoms with E-state index in [0.29, 0.717) is 6.54 Å². The first-order chi connectivity index (χ1) is 13.4. The summed E-state index contributed by atoms with van der Waals surface area (Å²) < 4.78 is 0. The van der Waals surface area contributed by atoms with Crippen molar-refractivity contribution in [2.75, 3.05) is 34.8 Å². The summed E-state index contributed by atoms with van der Waals surface area (Å²) in [6.07, 6.45) is 0.245. The summed E-state index contributed by atoms with van der Waals surface area (Å²) in [7, 11) is 0. The van der Waals surface area contributed by atoms with E-state index in [1.54, 1.807) is 4.90 Å². The van der Waals surface area contributed by atoms with Crippen LogP contribution < -0.4 is 15.1 Å². The number of nitrogens with one attached hydrogen (secondary N) is 1. The lowest BCUT2D eigenvalue weighted by atomic mass is 10.1. The molecular formula is C23H29N3O2. The van der Waals surface area contributed by atoms with E-state index in [9.17, 15) is 9.59 Å². The van der Waals surface area contributed by atoms with Crippen LogP contribution in [0.4, 0.5) is 17.1 Å². The van der Waals surface area contributed by atoms with Crippen molar-refractivity contribution in [1.82, 2.24) is 0 Å². The minimum absolute atomic E-state index is 0.00305. The molecule has 28 heavy (non-hydrogen) atoms. The third-order valence-electron chi connectivity index (χ3n) is 5.65. The van der Waals surface area contributed by atoms with Crippen molar-refractivity contribution in [3.63, 3.8) is 0 Å². The van der Waals surface area contributed by atoms with Crippen LogP contribution in [0.2, 0.25) is 0 Å². The van der Waals surface area contributed by atoms with Gasteiger partial charge >= 0.3 is 0 Å². The predicted octanol–water partition coefficient (Wildman–Crippen LogP) is 4.14. The Labute approximate surface area is 167 Å². The van der Waals surface area contributed by atoms with Crippen LogP contribution in [0.15, 0.2) is 42.5 Å². The molecule has 0 aromatic heterocycles. The normalized spacial score (nSPS) is 16.4. The Morgan fingerprint density at radius 3 is 2.43 bits per heavy atom. The Morgan fingerprint density at radius 2 is 1.79 bits per heavy atom. The highest BCUT2D eigenvalue weighted by molar-refractivity contribution is 6.03. The summed E-state index contributed by atoms with van der Waals surface area (Å²) in [5.74, 6) is -0.434. The minimum Gasteiger partial charge on any atom is -0.372 e. The van der Waals surface area contributed by atoms with E-state index >= 15 is 0 Å². The summed E-state index contributed by atoms with van der Waals surface area (Å²) in [6.45, 7) is 10.6. The van der Waals surface area contributed by atoms with Gasteiger partial charge in [0.1, 0.15) is 0 Å².